The summed E-state index contributed by atoms with van der Waals surface area (Å²) in [6, 6.07) is 4.06. The van der Waals surface area contributed by atoms with Crippen molar-refractivity contribution in [3.8, 4) is 0 Å². The molecular weight excluding hydrogens is 414 g/mol. The molecular formula is C18H23N5O4S2. The summed E-state index contributed by atoms with van der Waals surface area (Å²) in [6.45, 7) is 0.904. The average molecular weight is 438 g/mol. The second-order valence-electron chi connectivity index (χ2n) is 7.44. The van der Waals surface area contributed by atoms with Gasteiger partial charge < -0.3 is 0 Å². The van der Waals surface area contributed by atoms with Gasteiger partial charge in [0.15, 0.2) is 0 Å². The van der Waals surface area contributed by atoms with E-state index in [9.17, 15) is 18.5 Å². The molecule has 0 unspecified atom stereocenters. The van der Waals surface area contributed by atoms with E-state index in [-0.39, 0.29) is 10.6 Å². The van der Waals surface area contributed by atoms with Crippen molar-refractivity contribution < 1.29 is 13.3 Å². The highest BCUT2D eigenvalue weighted by molar-refractivity contribution is 7.99. The third-order valence-corrected chi connectivity index (χ3v) is 8.33. The maximum Gasteiger partial charge on any atom is 0.284 e. The first-order chi connectivity index (χ1) is 13.9. The largest absolute Gasteiger partial charge is 0.284 e. The third kappa shape index (κ3) is 4.31. The minimum atomic E-state index is -3.73. The van der Waals surface area contributed by atoms with E-state index in [0.717, 1.165) is 55.8 Å². The molecule has 0 bridgehead atoms. The van der Waals surface area contributed by atoms with Gasteiger partial charge in [0.05, 0.1) is 14.7 Å². The van der Waals surface area contributed by atoms with Crippen LogP contribution in [0, 0.1) is 10.1 Å². The van der Waals surface area contributed by atoms with E-state index in [1.165, 1.54) is 29.3 Å². The lowest BCUT2D eigenvalue weighted by molar-refractivity contribution is -0.388. The number of nitrogens with zero attached hydrogens (tertiary/aromatic N) is 4. The summed E-state index contributed by atoms with van der Waals surface area (Å²) < 4.78 is 27.1. The fraction of sp³-hybridized carbons (Fsp3) is 0.556. The number of benzene rings is 1. The number of aromatic amines is 1. The minimum Gasteiger partial charge on any atom is -0.262 e. The first-order valence-corrected chi connectivity index (χ1v) is 12.1. The molecule has 1 saturated heterocycles. The molecule has 1 aliphatic heterocycles. The number of hydrogen-bond acceptors (Lipinski definition) is 7. The van der Waals surface area contributed by atoms with Gasteiger partial charge in [-0.1, -0.05) is 19.3 Å². The van der Waals surface area contributed by atoms with E-state index in [1.807, 2.05) is 0 Å². The first-order valence-electron chi connectivity index (χ1n) is 9.84. The van der Waals surface area contributed by atoms with Crippen LogP contribution in [0.4, 0.5) is 5.69 Å². The second kappa shape index (κ2) is 8.41. The summed E-state index contributed by atoms with van der Waals surface area (Å²) in [5, 5.41) is 19.1. The Morgan fingerprint density at radius 2 is 1.86 bits per heavy atom. The first kappa shape index (κ1) is 20.3. The molecule has 29 heavy (non-hydrogen) atoms. The fourth-order valence-electron chi connectivity index (χ4n) is 3.92. The molecule has 156 valence electrons. The Labute approximate surface area is 173 Å². The van der Waals surface area contributed by atoms with E-state index >= 15 is 0 Å². The zero-order valence-electron chi connectivity index (χ0n) is 15.9. The molecule has 0 radical (unpaired) electrons. The molecule has 1 aliphatic carbocycles. The molecule has 2 fully saturated rings. The van der Waals surface area contributed by atoms with Gasteiger partial charge in [0.1, 0.15) is 5.82 Å². The van der Waals surface area contributed by atoms with Gasteiger partial charge in [-0.3, -0.25) is 15.2 Å². The molecule has 0 atom stereocenters. The van der Waals surface area contributed by atoms with Crippen LogP contribution in [0.2, 0.25) is 0 Å². The van der Waals surface area contributed by atoms with Crippen LogP contribution >= 0.6 is 11.8 Å². The number of sulfonamides is 1. The van der Waals surface area contributed by atoms with E-state index in [2.05, 4.69) is 15.2 Å². The van der Waals surface area contributed by atoms with Crippen molar-refractivity contribution in [2.24, 2.45) is 0 Å². The van der Waals surface area contributed by atoms with Crippen molar-refractivity contribution in [2.75, 3.05) is 13.1 Å². The molecule has 4 rings (SSSR count). The Morgan fingerprint density at radius 1 is 1.14 bits per heavy atom. The number of nitro benzene ring substituents is 1. The number of piperidine rings is 1. The molecule has 0 spiro atoms. The van der Waals surface area contributed by atoms with Gasteiger partial charge in [-0.25, -0.2) is 13.4 Å². The molecule has 2 aromatic rings. The lowest BCUT2D eigenvalue weighted by Gasteiger charge is -2.25. The minimum absolute atomic E-state index is 0.0444. The summed E-state index contributed by atoms with van der Waals surface area (Å²) in [6.07, 6.45) is 7.11. The highest BCUT2D eigenvalue weighted by Gasteiger charge is 2.29. The lowest BCUT2D eigenvalue weighted by atomic mass is 10.1. The van der Waals surface area contributed by atoms with Crippen LogP contribution in [-0.4, -0.2) is 45.9 Å². The molecule has 2 aliphatic rings. The summed E-state index contributed by atoms with van der Waals surface area (Å²) in [4.78, 5) is 15.8. The highest BCUT2D eigenvalue weighted by atomic mass is 32.2. The zero-order valence-corrected chi connectivity index (χ0v) is 17.5. The molecule has 11 heteroatoms. The molecule has 0 amide bonds. The zero-order chi connectivity index (χ0) is 20.4. The van der Waals surface area contributed by atoms with Crippen molar-refractivity contribution in [1.82, 2.24) is 19.5 Å². The Morgan fingerprint density at radius 3 is 2.55 bits per heavy atom. The summed E-state index contributed by atoms with van der Waals surface area (Å²) in [7, 11) is -3.73. The van der Waals surface area contributed by atoms with Crippen molar-refractivity contribution in [2.45, 2.75) is 65.8 Å². The van der Waals surface area contributed by atoms with Gasteiger partial charge in [0, 0.05) is 25.1 Å². The Hall–Kier alpha value is -1.98. The number of hydrogen-bond donors (Lipinski definition) is 1. The smallest absolute Gasteiger partial charge is 0.262 e. The molecule has 9 nitrogen and oxygen atoms in total. The van der Waals surface area contributed by atoms with E-state index < -0.39 is 14.9 Å². The molecule has 1 saturated carbocycles. The Bertz CT molecular complexity index is 995. The van der Waals surface area contributed by atoms with Crippen molar-refractivity contribution in [3.63, 3.8) is 0 Å². The second-order valence-corrected chi connectivity index (χ2v) is 10.4. The van der Waals surface area contributed by atoms with Crippen LogP contribution in [0.5, 0.6) is 0 Å². The van der Waals surface area contributed by atoms with Gasteiger partial charge in [0.2, 0.25) is 15.2 Å². The van der Waals surface area contributed by atoms with Crippen molar-refractivity contribution in [3.05, 3.63) is 34.1 Å². The standard InChI is InChI=1S/C18H23N5O4S2/c24-23(25)15-12-14(29(26,27)22-10-4-1-5-11-22)8-9-16(15)28-18-19-17(20-21-18)13-6-2-3-7-13/h8-9,12-13H,1-7,10-11H2,(H,19,20,21). The summed E-state index contributed by atoms with van der Waals surface area (Å²) >= 11 is 1.07. The maximum absolute atomic E-state index is 12.8. The quantitative estimate of drug-likeness (QED) is 0.540. The summed E-state index contributed by atoms with van der Waals surface area (Å²) in [5.74, 6) is 1.18. The SMILES string of the molecule is O=[N+]([O-])c1cc(S(=O)(=O)N2CCCCC2)ccc1Sc1n[nH]c(C2CCCC2)n1. The van der Waals surface area contributed by atoms with Crippen LogP contribution < -0.4 is 0 Å². The van der Waals surface area contributed by atoms with Crippen LogP contribution in [0.15, 0.2) is 33.1 Å². The third-order valence-electron chi connectivity index (χ3n) is 5.51. The average Bonchev–Trinajstić information content (AvgIpc) is 3.40. The fourth-order valence-corrected chi connectivity index (χ4v) is 6.27. The van der Waals surface area contributed by atoms with E-state index in [0.29, 0.717) is 29.1 Å². The van der Waals surface area contributed by atoms with E-state index in [4.69, 9.17) is 0 Å². The van der Waals surface area contributed by atoms with Gasteiger partial charge in [-0.2, -0.15) is 4.31 Å². The normalized spacial score (nSPS) is 18.9. The lowest BCUT2D eigenvalue weighted by Crippen LogP contribution is -2.35. The molecule has 2 heterocycles. The topological polar surface area (TPSA) is 122 Å². The Balaban J connectivity index is 1.59. The van der Waals surface area contributed by atoms with E-state index in [1.54, 1.807) is 0 Å². The van der Waals surface area contributed by atoms with Crippen LogP contribution in [-0.2, 0) is 10.0 Å². The maximum atomic E-state index is 12.8. The predicted molar refractivity (Wildman–Crippen MR) is 107 cm³/mol. The van der Waals surface area contributed by atoms with Gasteiger partial charge >= 0.3 is 0 Å². The number of nitrogens with one attached hydrogen (secondary N) is 1. The van der Waals surface area contributed by atoms with Crippen LogP contribution in [0.1, 0.15) is 56.7 Å². The van der Waals surface area contributed by atoms with Gasteiger partial charge in [-0.05, 0) is 49.6 Å². The van der Waals surface area contributed by atoms with Crippen LogP contribution in [0.25, 0.3) is 0 Å². The molecule has 1 aromatic carbocycles. The number of nitro groups is 1. The van der Waals surface area contributed by atoms with Gasteiger partial charge in [0.25, 0.3) is 5.69 Å². The van der Waals surface area contributed by atoms with Crippen molar-refractivity contribution in [1.29, 1.82) is 0 Å². The highest BCUT2D eigenvalue weighted by Crippen LogP contribution is 2.37. The number of aromatic nitrogens is 3. The number of rotatable bonds is 6. The van der Waals surface area contributed by atoms with Crippen molar-refractivity contribution >= 4 is 27.5 Å². The molecule has 1 N–H and O–H groups in total. The molecule has 1 aromatic heterocycles. The monoisotopic (exact) mass is 437 g/mol. The predicted octanol–water partition coefficient (Wildman–Crippen LogP) is 3.70. The number of H-pyrrole nitrogens is 1. The summed E-state index contributed by atoms with van der Waals surface area (Å²) in [5.41, 5.74) is -0.250. The van der Waals surface area contributed by atoms with Gasteiger partial charge in [-0.15, -0.1) is 5.10 Å². The van der Waals surface area contributed by atoms with Crippen LogP contribution in [0.3, 0.4) is 0 Å². The Kier molecular flexibility index (Phi) is 5.88.